The highest BCUT2D eigenvalue weighted by atomic mass is 19.1. The van der Waals surface area contributed by atoms with Crippen molar-refractivity contribution in [3.63, 3.8) is 0 Å². The number of rotatable bonds is 2. The molecule has 5 rings (SSSR count). The topological polar surface area (TPSA) is 0 Å². The Hall–Kier alpha value is -2.93. The molecule has 0 atom stereocenters. The van der Waals surface area contributed by atoms with Crippen molar-refractivity contribution in [3.05, 3.63) is 99.9 Å². The Kier molecular flexibility index (Phi) is 4.01. The summed E-state index contributed by atoms with van der Waals surface area (Å²) in [6, 6.07) is 17.8. The second kappa shape index (κ2) is 6.66. The van der Waals surface area contributed by atoms with Gasteiger partial charge >= 0.3 is 0 Å². The van der Waals surface area contributed by atoms with Crippen LogP contribution >= 0.6 is 0 Å². The van der Waals surface area contributed by atoms with Crippen molar-refractivity contribution in [3.8, 4) is 11.1 Å². The average molecular weight is 352 g/mol. The third-order valence-corrected chi connectivity index (χ3v) is 5.78. The second-order valence-electron chi connectivity index (χ2n) is 7.36. The average Bonchev–Trinajstić information content (AvgIpc) is 2.72. The van der Waals surface area contributed by atoms with Gasteiger partial charge in [-0.3, -0.25) is 0 Å². The molecule has 0 amide bonds. The van der Waals surface area contributed by atoms with Crippen molar-refractivity contribution in [2.24, 2.45) is 0 Å². The van der Waals surface area contributed by atoms with Gasteiger partial charge in [-0.05, 0) is 82.3 Å². The minimum absolute atomic E-state index is 0.195. The predicted octanol–water partition coefficient (Wildman–Crippen LogP) is 6.72. The molecule has 2 aliphatic carbocycles. The minimum Gasteiger partial charge on any atom is -0.207 e. The molecule has 0 heterocycles. The van der Waals surface area contributed by atoms with Gasteiger partial charge in [-0.1, -0.05) is 66.8 Å². The van der Waals surface area contributed by atoms with Crippen LogP contribution in [0.1, 0.15) is 39.8 Å². The number of halogens is 1. The molecule has 0 radical (unpaired) electrons. The summed E-state index contributed by atoms with van der Waals surface area (Å²) >= 11 is 0. The SMILES string of the molecule is Fc1ccc(/C=C/c2cccc3c2CCc2c-3ccc3c2CCC=C3)cc1. The number of allylic oxidation sites excluding steroid dienone is 1. The molecular formula is C26H21F. The molecule has 0 aromatic heterocycles. The Balaban J connectivity index is 1.56. The van der Waals surface area contributed by atoms with Crippen molar-refractivity contribution in [2.75, 3.05) is 0 Å². The maximum Gasteiger partial charge on any atom is 0.123 e. The molecule has 0 unspecified atom stereocenters. The van der Waals surface area contributed by atoms with Crippen LogP contribution < -0.4 is 0 Å². The molecule has 2 aliphatic rings. The van der Waals surface area contributed by atoms with Crippen LogP contribution in [0.4, 0.5) is 4.39 Å². The van der Waals surface area contributed by atoms with E-state index >= 15 is 0 Å². The number of benzene rings is 3. The van der Waals surface area contributed by atoms with Gasteiger partial charge in [-0.15, -0.1) is 0 Å². The van der Waals surface area contributed by atoms with Gasteiger partial charge in [0.1, 0.15) is 5.82 Å². The molecule has 0 bridgehead atoms. The van der Waals surface area contributed by atoms with Crippen LogP contribution in [0.2, 0.25) is 0 Å². The number of fused-ring (bicyclic) bond motifs is 5. The minimum atomic E-state index is -0.195. The van der Waals surface area contributed by atoms with Crippen molar-refractivity contribution in [2.45, 2.75) is 25.7 Å². The van der Waals surface area contributed by atoms with Crippen molar-refractivity contribution >= 4 is 18.2 Å². The Morgan fingerprint density at radius 1 is 0.704 bits per heavy atom. The van der Waals surface area contributed by atoms with E-state index in [0.717, 1.165) is 31.2 Å². The van der Waals surface area contributed by atoms with Gasteiger partial charge in [-0.2, -0.15) is 0 Å². The standard InChI is InChI=1S/C26H21F/c27-21-13-9-18(10-14-21)8-11-20-5-3-7-24-23(20)16-17-25-22-6-2-1-4-19(22)12-15-26(24)25/h1,3-5,7-15H,2,6,16-17H2/b11-8+. The van der Waals surface area contributed by atoms with Crippen LogP contribution in [-0.4, -0.2) is 0 Å². The highest BCUT2D eigenvalue weighted by molar-refractivity contribution is 5.82. The second-order valence-corrected chi connectivity index (χ2v) is 7.36. The zero-order valence-electron chi connectivity index (χ0n) is 15.2. The van der Waals surface area contributed by atoms with Crippen molar-refractivity contribution in [1.82, 2.24) is 0 Å². The van der Waals surface area contributed by atoms with E-state index in [-0.39, 0.29) is 5.82 Å². The van der Waals surface area contributed by atoms with Gasteiger partial charge in [0, 0.05) is 0 Å². The lowest BCUT2D eigenvalue weighted by Gasteiger charge is -2.26. The van der Waals surface area contributed by atoms with E-state index in [0.29, 0.717) is 0 Å². The maximum atomic E-state index is 13.1. The Labute approximate surface area is 159 Å². The predicted molar refractivity (Wildman–Crippen MR) is 112 cm³/mol. The van der Waals surface area contributed by atoms with Gasteiger partial charge in [0.05, 0.1) is 0 Å². The summed E-state index contributed by atoms with van der Waals surface area (Å²) in [6.07, 6.45) is 13.3. The Bertz CT molecular complexity index is 1070. The van der Waals surface area contributed by atoms with Gasteiger partial charge in [0.2, 0.25) is 0 Å². The van der Waals surface area contributed by atoms with E-state index in [2.05, 4.69) is 54.6 Å². The monoisotopic (exact) mass is 352 g/mol. The summed E-state index contributed by atoms with van der Waals surface area (Å²) < 4.78 is 13.1. The maximum absolute atomic E-state index is 13.1. The van der Waals surface area contributed by atoms with E-state index in [9.17, 15) is 4.39 Å². The van der Waals surface area contributed by atoms with E-state index in [1.54, 1.807) is 11.1 Å². The zero-order chi connectivity index (χ0) is 18.2. The summed E-state index contributed by atoms with van der Waals surface area (Å²) in [4.78, 5) is 0. The van der Waals surface area contributed by atoms with Crippen LogP contribution in [0.15, 0.2) is 60.7 Å². The van der Waals surface area contributed by atoms with Crippen LogP contribution in [0, 0.1) is 5.82 Å². The molecule has 0 saturated heterocycles. The first-order chi connectivity index (χ1) is 13.3. The van der Waals surface area contributed by atoms with E-state index in [1.165, 1.54) is 39.9 Å². The summed E-state index contributed by atoms with van der Waals surface area (Å²) in [5.74, 6) is -0.195. The zero-order valence-corrected chi connectivity index (χ0v) is 15.2. The van der Waals surface area contributed by atoms with E-state index < -0.39 is 0 Å². The summed E-state index contributed by atoms with van der Waals surface area (Å²) in [5, 5.41) is 0. The Morgan fingerprint density at radius 3 is 2.41 bits per heavy atom. The summed E-state index contributed by atoms with van der Waals surface area (Å²) in [5.41, 5.74) is 11.0. The first-order valence-electron chi connectivity index (χ1n) is 9.67. The van der Waals surface area contributed by atoms with E-state index in [4.69, 9.17) is 0 Å². The first-order valence-corrected chi connectivity index (χ1v) is 9.67. The molecule has 0 N–H and O–H groups in total. The number of hydrogen-bond donors (Lipinski definition) is 0. The molecule has 0 fully saturated rings. The number of hydrogen-bond acceptors (Lipinski definition) is 0. The largest absolute Gasteiger partial charge is 0.207 e. The smallest absolute Gasteiger partial charge is 0.123 e. The normalized spacial score (nSPS) is 14.7. The van der Waals surface area contributed by atoms with Crippen LogP contribution in [0.25, 0.3) is 29.4 Å². The quantitative estimate of drug-likeness (QED) is 0.449. The molecule has 0 aliphatic heterocycles. The third kappa shape index (κ3) is 2.94. The third-order valence-electron chi connectivity index (χ3n) is 5.78. The van der Waals surface area contributed by atoms with Crippen molar-refractivity contribution < 1.29 is 4.39 Å². The lowest BCUT2D eigenvalue weighted by atomic mass is 9.78. The van der Waals surface area contributed by atoms with Crippen LogP contribution in [-0.2, 0) is 19.3 Å². The molecule has 3 aromatic carbocycles. The van der Waals surface area contributed by atoms with Gasteiger partial charge in [0.25, 0.3) is 0 Å². The molecule has 27 heavy (non-hydrogen) atoms. The fourth-order valence-corrected chi connectivity index (χ4v) is 4.44. The molecule has 3 aromatic rings. The first kappa shape index (κ1) is 16.3. The fourth-order valence-electron chi connectivity index (χ4n) is 4.44. The summed E-state index contributed by atoms with van der Waals surface area (Å²) in [7, 11) is 0. The lowest BCUT2D eigenvalue weighted by molar-refractivity contribution is 0.628. The molecule has 132 valence electrons. The van der Waals surface area contributed by atoms with Crippen LogP contribution in [0.3, 0.4) is 0 Å². The highest BCUT2D eigenvalue weighted by Gasteiger charge is 2.22. The Morgan fingerprint density at radius 2 is 1.52 bits per heavy atom. The molecule has 0 saturated carbocycles. The van der Waals surface area contributed by atoms with Crippen LogP contribution in [0.5, 0.6) is 0 Å². The molecule has 0 nitrogen and oxygen atoms in total. The fraction of sp³-hybridized carbons (Fsp3) is 0.154. The van der Waals surface area contributed by atoms with E-state index in [1.807, 2.05) is 12.1 Å². The molecule has 1 heteroatoms. The lowest BCUT2D eigenvalue weighted by Crippen LogP contribution is -2.10. The van der Waals surface area contributed by atoms with Gasteiger partial charge in [-0.25, -0.2) is 4.39 Å². The molecular weight excluding hydrogens is 331 g/mol. The highest BCUT2D eigenvalue weighted by Crippen LogP contribution is 2.39. The molecule has 0 spiro atoms. The van der Waals surface area contributed by atoms with Crippen molar-refractivity contribution in [1.29, 1.82) is 0 Å². The summed E-state index contributed by atoms with van der Waals surface area (Å²) in [6.45, 7) is 0. The van der Waals surface area contributed by atoms with Gasteiger partial charge in [0.15, 0.2) is 0 Å². The van der Waals surface area contributed by atoms with Gasteiger partial charge < -0.3 is 0 Å².